The van der Waals surface area contributed by atoms with Crippen molar-refractivity contribution in [2.24, 2.45) is 0 Å². The topological polar surface area (TPSA) is 46.1 Å². The van der Waals surface area contributed by atoms with E-state index in [9.17, 15) is 4.79 Å². The van der Waals surface area contributed by atoms with Gasteiger partial charge in [0.2, 0.25) is 5.13 Å². The molecule has 1 heterocycles. The molecule has 19 heavy (non-hydrogen) atoms. The minimum atomic E-state index is -0.0349. The molecular weight excluding hydrogens is 302 g/mol. The van der Waals surface area contributed by atoms with Crippen LogP contribution in [0.5, 0.6) is 0 Å². The van der Waals surface area contributed by atoms with Crippen molar-refractivity contribution in [1.82, 2.24) is 10.2 Å². The van der Waals surface area contributed by atoms with Crippen molar-refractivity contribution in [3.8, 4) is 0 Å². The largest absolute Gasteiger partial charge is 0.353 e. The van der Waals surface area contributed by atoms with E-state index in [0.717, 1.165) is 14.4 Å². The quantitative estimate of drug-likeness (QED) is 0.807. The van der Waals surface area contributed by atoms with Crippen molar-refractivity contribution in [2.75, 3.05) is 19.0 Å². The molecule has 0 unspecified atom stereocenters. The number of ketones is 1. The van der Waals surface area contributed by atoms with Crippen LogP contribution in [-0.2, 0) is 0 Å². The summed E-state index contributed by atoms with van der Waals surface area (Å²) in [5.41, 5.74) is 0.539. The monoisotopic (exact) mass is 313 g/mol. The molecule has 7 heteroatoms. The summed E-state index contributed by atoms with van der Waals surface area (Å²) in [6.45, 7) is 1.50. The maximum Gasteiger partial charge on any atom is 0.208 e. The smallest absolute Gasteiger partial charge is 0.208 e. The molecule has 0 N–H and O–H groups in total. The number of rotatable bonds is 4. The van der Waals surface area contributed by atoms with Crippen LogP contribution in [0.2, 0.25) is 5.02 Å². The second-order valence-corrected chi connectivity index (χ2v) is 6.73. The lowest BCUT2D eigenvalue weighted by molar-refractivity contribution is 0.101. The summed E-state index contributed by atoms with van der Waals surface area (Å²) in [4.78, 5) is 14.1. The van der Waals surface area contributed by atoms with Crippen LogP contribution in [0.4, 0.5) is 5.13 Å². The maximum absolute atomic E-state index is 11.3. The van der Waals surface area contributed by atoms with Crippen molar-refractivity contribution in [1.29, 1.82) is 0 Å². The van der Waals surface area contributed by atoms with Gasteiger partial charge in [0, 0.05) is 24.6 Å². The molecule has 1 aromatic heterocycles. The number of carbonyl (C=O) groups is 1. The highest BCUT2D eigenvalue weighted by Crippen LogP contribution is 2.34. The molecule has 0 radical (unpaired) electrons. The Hall–Kier alpha value is -1.11. The van der Waals surface area contributed by atoms with Crippen LogP contribution >= 0.6 is 34.7 Å². The van der Waals surface area contributed by atoms with E-state index in [0.29, 0.717) is 10.6 Å². The van der Waals surface area contributed by atoms with E-state index >= 15 is 0 Å². The maximum atomic E-state index is 11.3. The molecule has 0 saturated heterocycles. The van der Waals surface area contributed by atoms with Crippen LogP contribution in [0.25, 0.3) is 0 Å². The molecule has 4 nitrogen and oxygen atoms in total. The molecule has 0 aliphatic rings. The minimum Gasteiger partial charge on any atom is -0.353 e. The molecule has 0 aliphatic carbocycles. The third kappa shape index (κ3) is 3.46. The van der Waals surface area contributed by atoms with E-state index in [2.05, 4.69) is 10.2 Å². The molecule has 0 saturated carbocycles. The molecule has 2 aromatic rings. The first-order chi connectivity index (χ1) is 8.97. The van der Waals surface area contributed by atoms with Gasteiger partial charge < -0.3 is 4.90 Å². The summed E-state index contributed by atoms with van der Waals surface area (Å²) < 4.78 is 0.843. The zero-order valence-corrected chi connectivity index (χ0v) is 13.1. The molecule has 0 amide bonds. The fourth-order valence-electron chi connectivity index (χ4n) is 1.37. The Balaban J connectivity index is 2.19. The lowest BCUT2D eigenvalue weighted by Gasteiger charge is -2.04. The third-order valence-electron chi connectivity index (χ3n) is 2.30. The number of Topliss-reactive ketones (excluding diaryl/α,β-unsaturated/α-hetero) is 1. The Morgan fingerprint density at radius 3 is 2.63 bits per heavy atom. The van der Waals surface area contributed by atoms with E-state index in [4.69, 9.17) is 11.6 Å². The fraction of sp³-hybridized carbons (Fsp3) is 0.250. The van der Waals surface area contributed by atoms with E-state index in [-0.39, 0.29) is 5.78 Å². The number of halogens is 1. The van der Waals surface area contributed by atoms with Crippen LogP contribution in [0, 0.1) is 0 Å². The Kier molecular flexibility index (Phi) is 4.44. The van der Waals surface area contributed by atoms with Crippen LogP contribution in [0.15, 0.2) is 27.4 Å². The first-order valence-electron chi connectivity index (χ1n) is 5.46. The van der Waals surface area contributed by atoms with E-state index < -0.39 is 0 Å². The van der Waals surface area contributed by atoms with Crippen LogP contribution in [-0.4, -0.2) is 30.1 Å². The fourth-order valence-corrected chi connectivity index (χ4v) is 3.53. The van der Waals surface area contributed by atoms with E-state index in [1.54, 1.807) is 12.1 Å². The van der Waals surface area contributed by atoms with Gasteiger partial charge in [-0.05, 0) is 25.1 Å². The molecule has 1 aromatic carbocycles. The average molecular weight is 314 g/mol. The summed E-state index contributed by atoms with van der Waals surface area (Å²) in [7, 11) is 3.85. The molecule has 100 valence electrons. The predicted molar refractivity (Wildman–Crippen MR) is 79.8 cm³/mol. The van der Waals surface area contributed by atoms with E-state index in [1.165, 1.54) is 30.0 Å². The third-order valence-corrected chi connectivity index (χ3v) is 4.75. The summed E-state index contributed by atoms with van der Waals surface area (Å²) >= 11 is 9.06. The standard InChI is InChI=1S/C12H12ClN3OS2/c1-7(17)9-5-4-8(6-10(9)13)18-12-15-14-11(19-12)16(2)3/h4-6H,1-3H3. The Labute approximate surface area is 124 Å². The Morgan fingerprint density at radius 2 is 2.11 bits per heavy atom. The van der Waals surface area contributed by atoms with Gasteiger partial charge >= 0.3 is 0 Å². The lowest BCUT2D eigenvalue weighted by atomic mass is 10.1. The summed E-state index contributed by atoms with van der Waals surface area (Å²) in [6.07, 6.45) is 0. The van der Waals surface area contributed by atoms with Crippen molar-refractivity contribution >= 4 is 45.6 Å². The lowest BCUT2D eigenvalue weighted by Crippen LogP contribution is -2.07. The normalized spacial score (nSPS) is 10.5. The number of benzene rings is 1. The van der Waals surface area contributed by atoms with Gasteiger partial charge in [0.05, 0.1) is 5.02 Å². The Morgan fingerprint density at radius 1 is 1.37 bits per heavy atom. The first-order valence-corrected chi connectivity index (χ1v) is 7.47. The number of aromatic nitrogens is 2. The highest BCUT2D eigenvalue weighted by Gasteiger charge is 2.10. The molecule has 0 aliphatic heterocycles. The summed E-state index contributed by atoms with van der Waals surface area (Å²) in [5, 5.41) is 9.49. The molecule has 0 atom stereocenters. The average Bonchev–Trinajstić information content (AvgIpc) is 2.77. The van der Waals surface area contributed by atoms with Gasteiger partial charge in [-0.15, -0.1) is 10.2 Å². The second kappa shape index (κ2) is 5.90. The number of hydrogen-bond acceptors (Lipinski definition) is 6. The highest BCUT2D eigenvalue weighted by molar-refractivity contribution is 8.01. The van der Waals surface area contributed by atoms with Gasteiger partial charge in [0.1, 0.15) is 0 Å². The van der Waals surface area contributed by atoms with Gasteiger partial charge in [0.25, 0.3) is 0 Å². The second-order valence-electron chi connectivity index (χ2n) is 4.04. The van der Waals surface area contributed by atoms with Crippen molar-refractivity contribution in [3.05, 3.63) is 28.8 Å². The number of hydrogen-bond donors (Lipinski definition) is 0. The summed E-state index contributed by atoms with van der Waals surface area (Å²) in [6, 6.07) is 5.38. The summed E-state index contributed by atoms with van der Waals surface area (Å²) in [5.74, 6) is -0.0349. The molecule has 0 bridgehead atoms. The van der Waals surface area contributed by atoms with Gasteiger partial charge in [-0.3, -0.25) is 4.79 Å². The number of nitrogens with zero attached hydrogens (tertiary/aromatic N) is 3. The van der Waals surface area contributed by atoms with Crippen LogP contribution < -0.4 is 4.90 Å². The van der Waals surface area contributed by atoms with Gasteiger partial charge in [0.15, 0.2) is 10.1 Å². The van der Waals surface area contributed by atoms with Gasteiger partial charge in [-0.25, -0.2) is 0 Å². The first kappa shape index (κ1) is 14.3. The molecule has 2 rings (SSSR count). The highest BCUT2D eigenvalue weighted by atomic mass is 35.5. The predicted octanol–water partition coefficient (Wildman–Crippen LogP) is 3.61. The van der Waals surface area contributed by atoms with Crippen LogP contribution in [0.1, 0.15) is 17.3 Å². The van der Waals surface area contributed by atoms with Crippen molar-refractivity contribution in [2.45, 2.75) is 16.2 Å². The van der Waals surface area contributed by atoms with E-state index in [1.807, 2.05) is 25.1 Å². The number of anilines is 1. The minimum absolute atomic E-state index is 0.0349. The molecular formula is C12H12ClN3OS2. The van der Waals surface area contributed by atoms with Crippen molar-refractivity contribution in [3.63, 3.8) is 0 Å². The van der Waals surface area contributed by atoms with Crippen LogP contribution in [0.3, 0.4) is 0 Å². The Bertz CT molecular complexity index is 613. The SMILES string of the molecule is CC(=O)c1ccc(Sc2nnc(N(C)C)s2)cc1Cl. The molecule has 0 fully saturated rings. The number of carbonyl (C=O) groups excluding carboxylic acids is 1. The zero-order chi connectivity index (χ0) is 14.0. The molecule has 0 spiro atoms. The van der Waals surface area contributed by atoms with Gasteiger partial charge in [-0.2, -0.15) is 0 Å². The zero-order valence-electron chi connectivity index (χ0n) is 10.7. The van der Waals surface area contributed by atoms with Gasteiger partial charge in [-0.1, -0.05) is 34.7 Å². The van der Waals surface area contributed by atoms with Crippen molar-refractivity contribution < 1.29 is 4.79 Å².